The fourth-order valence-electron chi connectivity index (χ4n) is 4.20. The van der Waals surface area contributed by atoms with Gasteiger partial charge >= 0.3 is 0 Å². The predicted molar refractivity (Wildman–Crippen MR) is 132 cm³/mol. The van der Waals surface area contributed by atoms with Crippen LogP contribution in [0.25, 0.3) is 0 Å². The number of rotatable bonds is 8. The zero-order valence-corrected chi connectivity index (χ0v) is 18.4. The second-order valence-corrected chi connectivity index (χ2v) is 8.28. The number of anilines is 1. The molecular weight excluding hydrogens is 392 g/mol. The molecule has 32 heavy (non-hydrogen) atoms. The molecule has 3 heteroatoms. The Hall–Kier alpha value is -3.40. The average molecular weight is 423 g/mol. The molecule has 0 heterocycles. The van der Waals surface area contributed by atoms with Crippen LogP contribution in [0.5, 0.6) is 0 Å². The standard InChI is InChI=1S/C29H30N2O/c1-22(24-13-7-3-8-14-24)31-27-19-17-26(18-20-27)29(32,25-15-9-4-10-16-25)28(30)21-23-11-5-2-6-12-23/h2-20,22,28,31-32H,21,30H2,1H3/t22-,28+,29?/m0/s1. The zero-order valence-electron chi connectivity index (χ0n) is 18.4. The molecule has 4 rings (SSSR count). The number of benzene rings is 4. The Labute approximate surface area is 190 Å². The molecule has 162 valence electrons. The maximum Gasteiger partial charge on any atom is 0.130 e. The molecule has 0 radical (unpaired) electrons. The van der Waals surface area contributed by atoms with Crippen LogP contribution in [-0.4, -0.2) is 11.1 Å². The van der Waals surface area contributed by atoms with Gasteiger partial charge in [-0.2, -0.15) is 0 Å². The molecule has 4 aromatic carbocycles. The molecule has 0 saturated heterocycles. The summed E-state index contributed by atoms with van der Waals surface area (Å²) in [6, 6.07) is 37.8. The van der Waals surface area contributed by atoms with Gasteiger partial charge in [-0.05, 0) is 47.7 Å². The Morgan fingerprint density at radius 3 is 1.81 bits per heavy atom. The first kappa shape index (κ1) is 21.8. The summed E-state index contributed by atoms with van der Waals surface area (Å²) < 4.78 is 0. The van der Waals surface area contributed by atoms with Gasteiger partial charge in [-0.1, -0.05) is 103 Å². The van der Waals surface area contributed by atoms with Crippen molar-refractivity contribution in [3.63, 3.8) is 0 Å². The molecule has 3 atom stereocenters. The van der Waals surface area contributed by atoms with E-state index in [0.29, 0.717) is 6.42 Å². The normalized spacial score (nSPS) is 14.8. The molecule has 0 aromatic heterocycles. The molecule has 1 unspecified atom stereocenters. The van der Waals surface area contributed by atoms with Crippen LogP contribution in [0.2, 0.25) is 0 Å². The predicted octanol–water partition coefficient (Wildman–Crippen LogP) is 5.67. The van der Waals surface area contributed by atoms with E-state index in [2.05, 4.69) is 24.4 Å². The molecule has 0 aliphatic rings. The molecule has 0 bridgehead atoms. The van der Waals surface area contributed by atoms with E-state index >= 15 is 0 Å². The average Bonchev–Trinajstić information content (AvgIpc) is 2.85. The Balaban J connectivity index is 1.61. The van der Waals surface area contributed by atoms with Crippen molar-refractivity contribution in [3.8, 4) is 0 Å². The first-order valence-electron chi connectivity index (χ1n) is 11.1. The second-order valence-electron chi connectivity index (χ2n) is 8.28. The number of hydrogen-bond acceptors (Lipinski definition) is 3. The largest absolute Gasteiger partial charge is 0.379 e. The minimum absolute atomic E-state index is 0.176. The van der Waals surface area contributed by atoms with E-state index in [9.17, 15) is 5.11 Å². The summed E-state index contributed by atoms with van der Waals surface area (Å²) in [4.78, 5) is 0. The smallest absolute Gasteiger partial charge is 0.130 e. The minimum Gasteiger partial charge on any atom is -0.379 e. The fourth-order valence-corrected chi connectivity index (χ4v) is 4.20. The van der Waals surface area contributed by atoms with E-state index in [0.717, 1.165) is 22.4 Å². The van der Waals surface area contributed by atoms with Gasteiger partial charge in [0, 0.05) is 17.8 Å². The Morgan fingerprint density at radius 1 is 0.719 bits per heavy atom. The van der Waals surface area contributed by atoms with Crippen molar-refractivity contribution in [2.24, 2.45) is 5.73 Å². The highest BCUT2D eigenvalue weighted by molar-refractivity contribution is 5.50. The van der Waals surface area contributed by atoms with Crippen LogP contribution in [-0.2, 0) is 12.0 Å². The van der Waals surface area contributed by atoms with E-state index in [1.165, 1.54) is 5.56 Å². The minimum atomic E-state index is -1.30. The lowest BCUT2D eigenvalue weighted by atomic mass is 9.78. The van der Waals surface area contributed by atoms with Gasteiger partial charge in [-0.3, -0.25) is 0 Å². The van der Waals surface area contributed by atoms with E-state index in [4.69, 9.17) is 5.73 Å². The first-order valence-corrected chi connectivity index (χ1v) is 11.1. The number of nitrogens with one attached hydrogen (secondary N) is 1. The molecular formula is C29H30N2O. The summed E-state index contributed by atoms with van der Waals surface area (Å²) in [6.07, 6.45) is 0.567. The van der Waals surface area contributed by atoms with Gasteiger partial charge in [0.05, 0.1) is 0 Å². The maximum absolute atomic E-state index is 12.0. The SMILES string of the molecule is C[C@H](Nc1ccc(C(O)(c2ccccc2)[C@H](N)Cc2ccccc2)cc1)c1ccccc1. The van der Waals surface area contributed by atoms with E-state index < -0.39 is 11.6 Å². The van der Waals surface area contributed by atoms with Crippen molar-refractivity contribution in [2.75, 3.05) is 5.32 Å². The summed E-state index contributed by atoms with van der Waals surface area (Å²) in [5.74, 6) is 0. The monoisotopic (exact) mass is 422 g/mol. The number of aliphatic hydroxyl groups is 1. The molecule has 4 aromatic rings. The second kappa shape index (κ2) is 9.82. The topological polar surface area (TPSA) is 58.3 Å². The first-order chi connectivity index (χ1) is 15.6. The van der Waals surface area contributed by atoms with Crippen LogP contribution in [0.4, 0.5) is 5.69 Å². The van der Waals surface area contributed by atoms with Crippen molar-refractivity contribution < 1.29 is 5.11 Å². The maximum atomic E-state index is 12.0. The Morgan fingerprint density at radius 2 is 1.22 bits per heavy atom. The lowest BCUT2D eigenvalue weighted by Gasteiger charge is -2.35. The van der Waals surface area contributed by atoms with Crippen LogP contribution >= 0.6 is 0 Å². The number of nitrogens with two attached hydrogens (primary N) is 1. The van der Waals surface area contributed by atoms with Crippen molar-refractivity contribution in [1.82, 2.24) is 0 Å². The van der Waals surface area contributed by atoms with Crippen LogP contribution in [0.3, 0.4) is 0 Å². The molecule has 0 aliphatic heterocycles. The third kappa shape index (κ3) is 4.75. The quantitative estimate of drug-likeness (QED) is 0.343. The van der Waals surface area contributed by atoms with Crippen LogP contribution in [0.15, 0.2) is 115 Å². The Kier molecular flexibility index (Phi) is 6.69. The van der Waals surface area contributed by atoms with Crippen molar-refractivity contribution in [2.45, 2.75) is 31.0 Å². The van der Waals surface area contributed by atoms with Gasteiger partial charge in [0.1, 0.15) is 5.60 Å². The Bertz CT molecular complexity index is 1100. The molecule has 3 nitrogen and oxygen atoms in total. The van der Waals surface area contributed by atoms with Crippen molar-refractivity contribution >= 4 is 5.69 Å². The van der Waals surface area contributed by atoms with Gasteiger partial charge in [0.15, 0.2) is 0 Å². The lowest BCUT2D eigenvalue weighted by molar-refractivity contribution is 0.0517. The summed E-state index contributed by atoms with van der Waals surface area (Å²) in [6.45, 7) is 2.14. The highest BCUT2D eigenvalue weighted by Gasteiger charge is 2.38. The summed E-state index contributed by atoms with van der Waals surface area (Å²) in [7, 11) is 0. The van der Waals surface area contributed by atoms with Crippen LogP contribution < -0.4 is 11.1 Å². The summed E-state index contributed by atoms with van der Waals surface area (Å²) in [5, 5.41) is 15.5. The van der Waals surface area contributed by atoms with E-state index in [1.54, 1.807) is 0 Å². The van der Waals surface area contributed by atoms with Gasteiger partial charge in [0.2, 0.25) is 0 Å². The van der Waals surface area contributed by atoms with Gasteiger partial charge in [-0.15, -0.1) is 0 Å². The molecule has 0 amide bonds. The summed E-state index contributed by atoms with van der Waals surface area (Å²) in [5.41, 5.74) is 10.3. The van der Waals surface area contributed by atoms with Crippen molar-refractivity contribution in [3.05, 3.63) is 138 Å². The third-order valence-electron chi connectivity index (χ3n) is 6.06. The number of hydrogen-bond donors (Lipinski definition) is 3. The van der Waals surface area contributed by atoms with E-state index in [1.807, 2.05) is 103 Å². The van der Waals surface area contributed by atoms with Crippen molar-refractivity contribution in [1.29, 1.82) is 0 Å². The highest BCUT2D eigenvalue weighted by Crippen LogP contribution is 2.34. The van der Waals surface area contributed by atoms with E-state index in [-0.39, 0.29) is 6.04 Å². The highest BCUT2D eigenvalue weighted by atomic mass is 16.3. The fraction of sp³-hybridized carbons (Fsp3) is 0.172. The summed E-state index contributed by atoms with van der Waals surface area (Å²) >= 11 is 0. The molecule has 0 spiro atoms. The molecule has 4 N–H and O–H groups in total. The van der Waals surface area contributed by atoms with Crippen LogP contribution in [0.1, 0.15) is 35.2 Å². The van der Waals surface area contributed by atoms with Gasteiger partial charge < -0.3 is 16.2 Å². The third-order valence-corrected chi connectivity index (χ3v) is 6.06. The molecule has 0 saturated carbocycles. The van der Waals surface area contributed by atoms with Crippen LogP contribution in [0, 0.1) is 0 Å². The zero-order chi connectivity index (χ0) is 22.4. The molecule has 0 fully saturated rings. The van der Waals surface area contributed by atoms with Gasteiger partial charge in [-0.25, -0.2) is 0 Å². The lowest BCUT2D eigenvalue weighted by Crippen LogP contribution is -2.47. The van der Waals surface area contributed by atoms with Gasteiger partial charge in [0.25, 0.3) is 0 Å². The molecule has 0 aliphatic carbocycles.